The van der Waals surface area contributed by atoms with Gasteiger partial charge in [0.25, 0.3) is 14.1 Å². The van der Waals surface area contributed by atoms with Crippen LogP contribution in [0.25, 0.3) is 0 Å². The Kier molecular flexibility index (Phi) is 13.2. The summed E-state index contributed by atoms with van der Waals surface area (Å²) < 4.78 is 17.3. The van der Waals surface area contributed by atoms with E-state index >= 15 is 0 Å². The Morgan fingerprint density at radius 2 is 1.13 bits per heavy atom. The predicted octanol–water partition coefficient (Wildman–Crippen LogP) is 0.324. The fraction of sp³-hybridized carbons (Fsp3) is 0.857. The first kappa shape index (κ1) is 20.7. The monoisotopic (exact) mass is 251 g/mol. The molecule has 0 amide bonds. The minimum atomic E-state index is -2.44. The van der Waals surface area contributed by atoms with Gasteiger partial charge in [-0.25, -0.2) is 14.0 Å². The molecule has 0 aliphatic heterocycles. The molecule has 0 atom stereocenters. The average Bonchev–Trinajstić information content (AvgIpc) is 2.03. The zero-order chi connectivity index (χ0) is 11.9. The van der Waals surface area contributed by atoms with Crippen LogP contribution in [0.4, 0.5) is 0 Å². The van der Waals surface area contributed by atoms with E-state index in [0.717, 1.165) is 0 Å². The maximum absolute atomic E-state index is 12.1. The van der Waals surface area contributed by atoms with E-state index in [2.05, 4.69) is 0 Å². The van der Waals surface area contributed by atoms with Crippen molar-refractivity contribution in [2.24, 2.45) is 0 Å². The Balaban J connectivity index is -0.0000000724. The largest absolute Gasteiger partial charge is 2.00 e. The Labute approximate surface area is 111 Å². The van der Waals surface area contributed by atoms with Crippen molar-refractivity contribution in [2.45, 2.75) is 0 Å². The minimum Gasteiger partial charge on any atom is -1.00 e. The van der Waals surface area contributed by atoms with Gasteiger partial charge >= 0.3 is 23.1 Å². The summed E-state index contributed by atoms with van der Waals surface area (Å²) in [5.41, 5.74) is 0. The van der Waals surface area contributed by atoms with Gasteiger partial charge in [0.15, 0.2) is 0 Å². The molecule has 0 aliphatic carbocycles. The van der Waals surface area contributed by atoms with Crippen molar-refractivity contribution in [3.05, 3.63) is 0 Å². The van der Waals surface area contributed by atoms with Gasteiger partial charge in [-0.2, -0.15) is 0 Å². The molecule has 0 unspecified atom stereocenters. The molecule has 6 nitrogen and oxygen atoms in total. The quantitative estimate of drug-likeness (QED) is 0.443. The Morgan fingerprint density at radius 3 is 1.13 bits per heavy atom. The van der Waals surface area contributed by atoms with Crippen LogP contribution in [0.15, 0.2) is 0 Å². The van der Waals surface area contributed by atoms with E-state index in [1.54, 1.807) is 14.0 Å². The third kappa shape index (κ3) is 6.50. The summed E-state index contributed by atoms with van der Waals surface area (Å²) in [5.74, 6) is 0. The molecule has 0 saturated heterocycles. The van der Waals surface area contributed by atoms with Crippen LogP contribution in [0.5, 0.6) is 0 Å². The van der Waals surface area contributed by atoms with Crippen molar-refractivity contribution in [1.82, 2.24) is 14.0 Å². The van der Waals surface area contributed by atoms with Gasteiger partial charge in [0.1, 0.15) is 0 Å². The summed E-state index contributed by atoms with van der Waals surface area (Å²) in [6, 6.07) is 0. The standard InChI is InChI=1S/C6H18N3OP.CH2O2.Mg.2H/c1-7(2)11(10,8(3)4)9(5)6;2-1-3;;;/h1-6H3;1H,(H,2,3);;;/q;;+2;2*-1. The van der Waals surface area contributed by atoms with Gasteiger partial charge in [-0.3, -0.25) is 9.36 Å². The first-order valence-corrected chi connectivity index (χ1v) is 5.52. The number of nitrogens with zero attached hydrogens (tertiary/aromatic N) is 3. The molecule has 8 heteroatoms. The smallest absolute Gasteiger partial charge is 1.00 e. The van der Waals surface area contributed by atoms with Gasteiger partial charge in [-0.1, -0.05) is 0 Å². The fourth-order valence-corrected chi connectivity index (χ4v) is 3.22. The molecule has 0 saturated carbocycles. The van der Waals surface area contributed by atoms with Crippen molar-refractivity contribution in [2.75, 3.05) is 42.3 Å². The number of rotatable bonds is 3. The summed E-state index contributed by atoms with van der Waals surface area (Å²) in [6.45, 7) is -0.250. The molecule has 0 aliphatic rings. The van der Waals surface area contributed by atoms with E-state index in [1.165, 1.54) is 0 Å². The van der Waals surface area contributed by atoms with Crippen LogP contribution in [0.2, 0.25) is 0 Å². The summed E-state index contributed by atoms with van der Waals surface area (Å²) in [5, 5.41) is 6.89. The Morgan fingerprint density at radius 1 is 1.00 bits per heavy atom. The minimum absolute atomic E-state index is 0. The molecule has 0 aromatic heterocycles. The zero-order valence-corrected chi connectivity index (χ0v) is 12.6. The molecular formula is C7H22MgN3O3P. The summed E-state index contributed by atoms with van der Waals surface area (Å²) >= 11 is 0. The van der Waals surface area contributed by atoms with Crippen LogP contribution in [0.3, 0.4) is 0 Å². The third-order valence-corrected chi connectivity index (χ3v) is 4.69. The first-order chi connectivity index (χ1) is 6.24. The summed E-state index contributed by atoms with van der Waals surface area (Å²) in [6.07, 6.45) is 0. The van der Waals surface area contributed by atoms with E-state index in [1.807, 2.05) is 42.3 Å². The van der Waals surface area contributed by atoms with Crippen molar-refractivity contribution in [3.63, 3.8) is 0 Å². The van der Waals surface area contributed by atoms with E-state index in [9.17, 15) is 4.57 Å². The normalized spacial score (nSPS) is 10.7. The van der Waals surface area contributed by atoms with Crippen LogP contribution in [0.1, 0.15) is 2.85 Å². The van der Waals surface area contributed by atoms with Crippen molar-refractivity contribution < 1.29 is 17.3 Å². The second kappa shape index (κ2) is 9.56. The van der Waals surface area contributed by atoms with Gasteiger partial charge in [0.2, 0.25) is 0 Å². The van der Waals surface area contributed by atoms with Crippen LogP contribution in [0, 0.1) is 0 Å². The van der Waals surface area contributed by atoms with E-state index in [0.29, 0.717) is 0 Å². The maximum Gasteiger partial charge on any atom is 2.00 e. The Bertz CT molecular complexity index is 192. The second-order valence-electron chi connectivity index (χ2n) is 3.16. The molecule has 0 fully saturated rings. The zero-order valence-electron chi connectivity index (χ0n) is 12.3. The number of hydrogen-bond acceptors (Lipinski definition) is 2. The van der Waals surface area contributed by atoms with E-state index in [4.69, 9.17) is 9.90 Å². The number of carbonyl (C=O) groups is 1. The van der Waals surface area contributed by atoms with Gasteiger partial charge in [0, 0.05) is 0 Å². The van der Waals surface area contributed by atoms with E-state index in [-0.39, 0.29) is 32.4 Å². The van der Waals surface area contributed by atoms with Crippen molar-refractivity contribution in [3.8, 4) is 0 Å². The van der Waals surface area contributed by atoms with Crippen LogP contribution in [-0.2, 0) is 9.36 Å². The molecule has 0 aromatic rings. The van der Waals surface area contributed by atoms with Crippen molar-refractivity contribution >= 4 is 37.1 Å². The van der Waals surface area contributed by atoms with E-state index < -0.39 is 7.59 Å². The van der Waals surface area contributed by atoms with Gasteiger partial charge in [-0.05, 0) is 42.3 Å². The maximum atomic E-state index is 12.1. The van der Waals surface area contributed by atoms with Gasteiger partial charge < -0.3 is 7.96 Å². The SMILES string of the molecule is CN(C)P(=O)(N(C)C)N(C)C.O=CO.[H-].[H-].[Mg+2]. The number of hydrogen-bond donors (Lipinski definition) is 1. The van der Waals surface area contributed by atoms with Crippen LogP contribution < -0.4 is 0 Å². The van der Waals surface area contributed by atoms with Crippen molar-refractivity contribution in [1.29, 1.82) is 0 Å². The van der Waals surface area contributed by atoms with Crippen LogP contribution in [-0.4, -0.2) is 90.9 Å². The van der Waals surface area contributed by atoms with Gasteiger partial charge in [0.05, 0.1) is 0 Å². The third-order valence-electron chi connectivity index (χ3n) is 1.56. The second-order valence-corrected chi connectivity index (χ2v) is 6.59. The van der Waals surface area contributed by atoms with Gasteiger partial charge in [-0.15, -0.1) is 0 Å². The molecular weight excluding hydrogens is 229 g/mol. The molecule has 0 rings (SSSR count). The fourth-order valence-electron chi connectivity index (χ4n) is 1.07. The molecule has 0 aromatic carbocycles. The van der Waals surface area contributed by atoms with Crippen LogP contribution >= 0.6 is 7.59 Å². The number of carboxylic acid groups (broad SMARTS) is 1. The first-order valence-electron chi connectivity index (χ1n) is 3.96. The average molecular weight is 252 g/mol. The summed E-state index contributed by atoms with van der Waals surface area (Å²) in [7, 11) is 8.49. The summed E-state index contributed by atoms with van der Waals surface area (Å²) in [4.78, 5) is 8.36. The molecule has 0 heterocycles. The molecule has 0 spiro atoms. The predicted molar refractivity (Wildman–Crippen MR) is 65.3 cm³/mol. The molecule has 0 radical (unpaired) electrons. The Hall–Kier alpha value is 0.346. The topological polar surface area (TPSA) is 64.1 Å². The molecule has 15 heavy (non-hydrogen) atoms. The molecule has 1 N–H and O–H groups in total. The molecule has 90 valence electrons. The molecule has 0 bridgehead atoms.